The predicted molar refractivity (Wildman–Crippen MR) is 80.4 cm³/mol. The van der Waals surface area contributed by atoms with Gasteiger partial charge >= 0.3 is 5.96 Å². The summed E-state index contributed by atoms with van der Waals surface area (Å²) in [6.45, 7) is 1.23. The zero-order valence-corrected chi connectivity index (χ0v) is 12.4. The van der Waals surface area contributed by atoms with Crippen LogP contribution in [0.1, 0.15) is 17.5 Å². The second-order valence-corrected chi connectivity index (χ2v) is 5.84. The minimum absolute atomic E-state index is 0.168. The summed E-state index contributed by atoms with van der Waals surface area (Å²) in [5.41, 5.74) is 6.02. The van der Waals surface area contributed by atoms with E-state index in [1.54, 1.807) is 0 Å². The SMILES string of the molecule is CN(C)CCN=C1N[NH+]([O-])c2cc3c(cc2[NH+]1[O-])CCC3. The maximum absolute atomic E-state index is 12.5. The Hall–Kier alpha value is -1.51. The number of aryl methyl sites for hydroxylation is 2. The van der Waals surface area contributed by atoms with Gasteiger partial charge in [-0.05, 0) is 44.5 Å². The van der Waals surface area contributed by atoms with Crippen molar-refractivity contribution < 1.29 is 10.2 Å². The number of nitrogens with zero attached hydrogens (tertiary/aromatic N) is 2. The standard InChI is InChI=1S/C14H21N5O2/c1-17(2)7-6-15-14-16-19(21)13-9-11-5-3-4-10(11)8-12(13)18(14)20/h8-9,18-19H,3-7H2,1-2H3,(H,15,16). The van der Waals surface area contributed by atoms with Crippen molar-refractivity contribution in [3.63, 3.8) is 0 Å². The normalized spacial score (nSPS) is 25.9. The first-order chi connectivity index (χ1) is 10.1. The Labute approximate surface area is 124 Å². The van der Waals surface area contributed by atoms with E-state index in [0.717, 1.165) is 25.8 Å². The lowest BCUT2D eigenvalue weighted by atomic mass is 10.1. The molecule has 0 spiro atoms. The van der Waals surface area contributed by atoms with Crippen LogP contribution in [0.4, 0.5) is 11.4 Å². The summed E-state index contributed by atoms with van der Waals surface area (Å²) in [6.07, 6.45) is 3.08. The maximum Gasteiger partial charge on any atom is 0.347 e. The van der Waals surface area contributed by atoms with Crippen LogP contribution in [0.15, 0.2) is 17.1 Å². The average molecular weight is 291 g/mol. The number of hydrogen-bond acceptors (Lipinski definition) is 4. The van der Waals surface area contributed by atoms with Crippen LogP contribution in [0.2, 0.25) is 0 Å². The van der Waals surface area contributed by atoms with E-state index in [1.807, 2.05) is 31.1 Å². The number of fused-ring (bicyclic) bond motifs is 2. The molecule has 1 heterocycles. The number of benzene rings is 1. The molecule has 7 nitrogen and oxygen atoms in total. The number of nitrogens with one attached hydrogen (secondary N) is 3. The third-order valence-corrected chi connectivity index (χ3v) is 3.99. The van der Waals surface area contributed by atoms with Crippen molar-refractivity contribution in [2.75, 3.05) is 27.2 Å². The molecule has 21 heavy (non-hydrogen) atoms. The van der Waals surface area contributed by atoms with Crippen LogP contribution < -0.4 is 15.7 Å². The molecule has 2 atom stereocenters. The Kier molecular flexibility index (Phi) is 3.92. The topological polar surface area (TPSA) is 82.6 Å². The average Bonchev–Trinajstić information content (AvgIpc) is 2.89. The van der Waals surface area contributed by atoms with Crippen LogP contribution in [-0.4, -0.2) is 38.0 Å². The summed E-state index contributed by atoms with van der Waals surface area (Å²) < 4.78 is 0. The number of hydrogen-bond donors (Lipinski definition) is 3. The van der Waals surface area contributed by atoms with Crippen molar-refractivity contribution in [1.29, 1.82) is 0 Å². The first-order valence-electron chi connectivity index (χ1n) is 7.27. The van der Waals surface area contributed by atoms with Gasteiger partial charge in [0.25, 0.3) is 0 Å². The summed E-state index contributed by atoms with van der Waals surface area (Å²) in [4.78, 5) is 6.23. The van der Waals surface area contributed by atoms with Gasteiger partial charge in [0.05, 0.1) is 6.54 Å². The predicted octanol–water partition coefficient (Wildman–Crippen LogP) is -1.36. The Morgan fingerprint density at radius 1 is 1.19 bits per heavy atom. The van der Waals surface area contributed by atoms with E-state index in [9.17, 15) is 10.4 Å². The molecule has 1 aromatic carbocycles. The van der Waals surface area contributed by atoms with Crippen molar-refractivity contribution in [3.05, 3.63) is 33.7 Å². The molecule has 1 aromatic rings. The van der Waals surface area contributed by atoms with Gasteiger partial charge in [-0.15, -0.1) is 0 Å². The summed E-state index contributed by atoms with van der Waals surface area (Å²) in [7, 11) is 3.89. The van der Waals surface area contributed by atoms with Gasteiger partial charge in [-0.3, -0.25) is 5.06 Å². The fraction of sp³-hybridized carbons (Fsp3) is 0.500. The third-order valence-electron chi connectivity index (χ3n) is 3.99. The minimum Gasteiger partial charge on any atom is -0.621 e. The van der Waals surface area contributed by atoms with Crippen LogP contribution in [0, 0.1) is 10.4 Å². The highest BCUT2D eigenvalue weighted by Gasteiger charge is 2.31. The monoisotopic (exact) mass is 291 g/mol. The Morgan fingerprint density at radius 3 is 2.52 bits per heavy atom. The van der Waals surface area contributed by atoms with Crippen molar-refractivity contribution in [2.45, 2.75) is 19.3 Å². The lowest BCUT2D eigenvalue weighted by Gasteiger charge is -2.34. The Balaban J connectivity index is 1.88. The summed E-state index contributed by atoms with van der Waals surface area (Å²) in [6, 6.07) is 3.77. The van der Waals surface area contributed by atoms with E-state index in [2.05, 4.69) is 10.4 Å². The molecule has 0 aromatic heterocycles. The molecule has 0 amide bonds. The van der Waals surface area contributed by atoms with Gasteiger partial charge < -0.3 is 15.3 Å². The van der Waals surface area contributed by atoms with E-state index in [0.29, 0.717) is 17.9 Å². The molecule has 114 valence electrons. The van der Waals surface area contributed by atoms with Crippen molar-refractivity contribution >= 4 is 17.3 Å². The molecule has 2 aliphatic rings. The lowest BCUT2D eigenvalue weighted by molar-refractivity contribution is -0.851. The first-order valence-corrected chi connectivity index (χ1v) is 7.27. The van der Waals surface area contributed by atoms with Gasteiger partial charge in [0.1, 0.15) is 0 Å². The number of likely N-dealkylation sites (N-methyl/N-ethyl adjacent to an activating group) is 1. The van der Waals surface area contributed by atoms with Gasteiger partial charge in [0, 0.05) is 18.7 Å². The molecular formula is C14H21N5O2. The zero-order valence-electron chi connectivity index (χ0n) is 12.4. The molecule has 0 radical (unpaired) electrons. The highest BCUT2D eigenvalue weighted by atomic mass is 16.6. The second-order valence-electron chi connectivity index (χ2n) is 5.84. The quantitative estimate of drug-likeness (QED) is 0.601. The molecule has 0 saturated carbocycles. The van der Waals surface area contributed by atoms with E-state index in [4.69, 9.17) is 0 Å². The fourth-order valence-electron chi connectivity index (χ4n) is 2.83. The van der Waals surface area contributed by atoms with Crippen molar-refractivity contribution in [1.82, 2.24) is 10.3 Å². The molecule has 7 heteroatoms. The van der Waals surface area contributed by atoms with Gasteiger partial charge in [-0.1, -0.05) is 0 Å². The Morgan fingerprint density at radius 2 is 1.86 bits per heavy atom. The van der Waals surface area contributed by atoms with E-state index < -0.39 is 0 Å². The number of quaternary nitrogens is 2. The maximum atomic E-state index is 12.5. The molecular weight excluding hydrogens is 270 g/mol. The van der Waals surface area contributed by atoms with Crippen LogP contribution in [0.5, 0.6) is 0 Å². The van der Waals surface area contributed by atoms with Gasteiger partial charge in [0.15, 0.2) is 0 Å². The second kappa shape index (κ2) is 5.70. The van der Waals surface area contributed by atoms with Crippen molar-refractivity contribution in [2.24, 2.45) is 4.99 Å². The lowest BCUT2D eigenvalue weighted by Crippen LogP contribution is -3.24. The highest BCUT2D eigenvalue weighted by Crippen LogP contribution is 2.28. The van der Waals surface area contributed by atoms with Gasteiger partial charge in [-0.25, -0.2) is 10.2 Å². The van der Waals surface area contributed by atoms with Crippen LogP contribution in [0.25, 0.3) is 0 Å². The fourth-order valence-corrected chi connectivity index (χ4v) is 2.83. The van der Waals surface area contributed by atoms with Crippen molar-refractivity contribution in [3.8, 4) is 0 Å². The third kappa shape index (κ3) is 2.78. The molecule has 3 rings (SSSR count). The summed E-state index contributed by atoms with van der Waals surface area (Å²) in [5.74, 6) is 0.173. The number of rotatable bonds is 3. The summed E-state index contributed by atoms with van der Waals surface area (Å²) >= 11 is 0. The number of hydroxylamine groups is 1. The minimum atomic E-state index is -0.220. The summed E-state index contributed by atoms with van der Waals surface area (Å²) in [5, 5.41) is 24.3. The molecule has 1 aliphatic carbocycles. The molecule has 2 unspecified atom stereocenters. The molecule has 0 bridgehead atoms. The van der Waals surface area contributed by atoms with E-state index in [1.165, 1.54) is 11.1 Å². The van der Waals surface area contributed by atoms with Crippen LogP contribution in [-0.2, 0) is 12.8 Å². The van der Waals surface area contributed by atoms with Gasteiger partial charge in [-0.2, -0.15) is 5.43 Å². The number of aliphatic imine (C=N–C) groups is 1. The zero-order chi connectivity index (χ0) is 15.0. The molecule has 3 N–H and O–H groups in total. The van der Waals surface area contributed by atoms with Crippen LogP contribution in [0.3, 0.4) is 0 Å². The van der Waals surface area contributed by atoms with Gasteiger partial charge in [0.2, 0.25) is 11.4 Å². The first kappa shape index (κ1) is 14.4. The number of guanidine groups is 1. The smallest absolute Gasteiger partial charge is 0.347 e. The molecule has 0 saturated heterocycles. The largest absolute Gasteiger partial charge is 0.621 e. The van der Waals surface area contributed by atoms with E-state index in [-0.39, 0.29) is 16.2 Å². The van der Waals surface area contributed by atoms with E-state index >= 15 is 0 Å². The molecule has 0 fully saturated rings. The Bertz CT molecular complexity index is 573. The molecule has 1 aliphatic heterocycles. The van der Waals surface area contributed by atoms with Crippen LogP contribution >= 0.6 is 0 Å². The highest BCUT2D eigenvalue weighted by molar-refractivity contribution is 5.76.